The first kappa shape index (κ1) is 27.2. The lowest BCUT2D eigenvalue weighted by Gasteiger charge is -2.51. The molecule has 0 N–H and O–H groups in total. The Kier molecular flexibility index (Phi) is 6.09. The smallest absolute Gasteiger partial charge is 0.0651 e. The third-order valence-corrected chi connectivity index (χ3v) is 16.9. The topological polar surface area (TPSA) is 0 Å². The van der Waals surface area contributed by atoms with E-state index in [0.717, 1.165) is 6.42 Å². The maximum atomic E-state index is 2.62. The predicted molar refractivity (Wildman–Crippen MR) is 188 cm³/mol. The van der Waals surface area contributed by atoms with Gasteiger partial charge in [0.1, 0.15) is 8.07 Å². The molecule has 7 rings (SSSR count). The molecule has 0 aliphatic carbocycles. The molecule has 42 heavy (non-hydrogen) atoms. The first-order valence-electron chi connectivity index (χ1n) is 15.7. The van der Waals surface area contributed by atoms with Crippen molar-refractivity contribution in [1.29, 1.82) is 0 Å². The van der Waals surface area contributed by atoms with Gasteiger partial charge in [-0.15, -0.1) is 0 Å². The molecule has 1 aliphatic heterocycles. The highest BCUT2D eigenvalue weighted by Crippen LogP contribution is 2.56. The Hall–Kier alpha value is -3.68. The normalized spacial score (nSPS) is 14.5. The first-order valence-corrected chi connectivity index (χ1v) is 17.7. The highest BCUT2D eigenvalue weighted by molar-refractivity contribution is 7.11. The summed E-state index contributed by atoms with van der Waals surface area (Å²) in [5.41, 5.74) is 6.74. The fourth-order valence-corrected chi connectivity index (χ4v) is 16.6. The lowest BCUT2D eigenvalue weighted by molar-refractivity contribution is 0.638. The van der Waals surface area contributed by atoms with Crippen molar-refractivity contribution in [2.75, 3.05) is 0 Å². The minimum atomic E-state index is -2.39. The molecule has 6 aromatic carbocycles. The molecule has 6 aromatic rings. The Bertz CT molecular complexity index is 1970. The van der Waals surface area contributed by atoms with Gasteiger partial charge in [-0.2, -0.15) is 0 Å². The van der Waals surface area contributed by atoms with Gasteiger partial charge in [-0.25, -0.2) is 0 Å². The average Bonchev–Trinajstić information content (AvgIpc) is 3.29. The molecule has 0 aromatic heterocycles. The standard InChI is InChI=1S/C41H42Si/c1-8-14-27-19-21-29(22-20-27)31-24-35-33-18-13-12-17-32(33)34-23-30(28-15-10-9-11-16-28)25-36-38(34)39(35)37(26-31)42(36,40(2,3)4)41(5,6)7/h9-13,15-26H,8,14H2,1-7H3. The van der Waals surface area contributed by atoms with Crippen LogP contribution in [-0.2, 0) is 6.42 Å². The summed E-state index contributed by atoms with van der Waals surface area (Å²) in [6.45, 7) is 17.4. The van der Waals surface area contributed by atoms with Gasteiger partial charge in [0.25, 0.3) is 0 Å². The van der Waals surface area contributed by atoms with E-state index in [4.69, 9.17) is 0 Å². The molecule has 0 atom stereocenters. The van der Waals surface area contributed by atoms with Crippen LogP contribution in [0, 0.1) is 0 Å². The van der Waals surface area contributed by atoms with Crippen LogP contribution in [0.1, 0.15) is 60.5 Å². The summed E-state index contributed by atoms with van der Waals surface area (Å²) >= 11 is 0. The predicted octanol–water partition coefficient (Wildman–Crippen LogP) is 10.9. The molecular formula is C41H42Si. The molecular weight excluding hydrogens is 521 g/mol. The van der Waals surface area contributed by atoms with Crippen LogP contribution < -0.4 is 10.4 Å². The Labute approximate surface area is 252 Å². The zero-order valence-corrected chi connectivity index (χ0v) is 27.2. The van der Waals surface area contributed by atoms with Gasteiger partial charge < -0.3 is 0 Å². The molecule has 0 fully saturated rings. The van der Waals surface area contributed by atoms with E-state index in [1.807, 2.05) is 0 Å². The van der Waals surface area contributed by atoms with Crippen LogP contribution in [0.25, 0.3) is 54.6 Å². The minimum absolute atomic E-state index is 0.106. The van der Waals surface area contributed by atoms with E-state index in [1.54, 1.807) is 10.4 Å². The average molecular weight is 563 g/mol. The lowest BCUT2D eigenvalue weighted by atomic mass is 9.90. The maximum Gasteiger partial charge on any atom is 0.130 e. The van der Waals surface area contributed by atoms with E-state index in [0.29, 0.717) is 0 Å². The van der Waals surface area contributed by atoms with E-state index in [2.05, 4.69) is 152 Å². The van der Waals surface area contributed by atoms with Gasteiger partial charge in [0.05, 0.1) is 0 Å². The van der Waals surface area contributed by atoms with Gasteiger partial charge >= 0.3 is 0 Å². The number of hydrogen-bond acceptors (Lipinski definition) is 0. The molecule has 0 unspecified atom stereocenters. The Balaban J connectivity index is 1.68. The minimum Gasteiger partial charge on any atom is -0.0651 e. The summed E-state index contributed by atoms with van der Waals surface area (Å²) in [4.78, 5) is 0. The second kappa shape index (κ2) is 9.41. The van der Waals surface area contributed by atoms with E-state index >= 15 is 0 Å². The summed E-state index contributed by atoms with van der Waals surface area (Å²) in [5, 5.41) is 12.1. The molecule has 0 saturated carbocycles. The number of hydrogen-bond donors (Lipinski definition) is 0. The van der Waals surface area contributed by atoms with Crippen molar-refractivity contribution in [2.24, 2.45) is 0 Å². The second-order valence-corrected chi connectivity index (χ2v) is 20.1. The molecule has 0 amide bonds. The SMILES string of the molecule is CCCc1ccc(-c2cc3c4c(c2)c2ccccc2c2cc(-c5ccccc5)cc(c24)[Si]3(C(C)(C)C)C(C)(C)C)cc1. The van der Waals surface area contributed by atoms with E-state index in [-0.39, 0.29) is 10.1 Å². The van der Waals surface area contributed by atoms with Crippen LogP contribution in [0.5, 0.6) is 0 Å². The molecule has 0 nitrogen and oxygen atoms in total. The summed E-state index contributed by atoms with van der Waals surface area (Å²) < 4.78 is 0. The van der Waals surface area contributed by atoms with E-state index < -0.39 is 8.07 Å². The molecule has 0 bridgehead atoms. The number of benzene rings is 6. The summed E-state index contributed by atoms with van der Waals surface area (Å²) in [6, 6.07) is 39.7. The largest absolute Gasteiger partial charge is 0.130 e. The van der Waals surface area contributed by atoms with Crippen molar-refractivity contribution in [2.45, 2.75) is 71.4 Å². The summed E-state index contributed by atoms with van der Waals surface area (Å²) in [5.74, 6) is 0. The molecule has 1 heterocycles. The van der Waals surface area contributed by atoms with Crippen molar-refractivity contribution in [3.05, 3.63) is 109 Å². The molecule has 1 aliphatic rings. The van der Waals surface area contributed by atoms with Crippen LogP contribution in [0.3, 0.4) is 0 Å². The van der Waals surface area contributed by atoms with Crippen molar-refractivity contribution in [3.8, 4) is 22.3 Å². The number of aryl methyl sites for hydroxylation is 1. The van der Waals surface area contributed by atoms with Crippen LogP contribution in [0.2, 0.25) is 10.1 Å². The summed E-state index contributed by atoms with van der Waals surface area (Å²) in [7, 11) is -2.39. The van der Waals surface area contributed by atoms with Crippen molar-refractivity contribution < 1.29 is 0 Å². The monoisotopic (exact) mass is 562 g/mol. The Morgan fingerprint density at radius 3 is 1.38 bits per heavy atom. The molecule has 0 saturated heterocycles. The highest BCUT2D eigenvalue weighted by atomic mass is 28.3. The fraction of sp³-hybridized carbons (Fsp3) is 0.268. The maximum absolute atomic E-state index is 2.62. The van der Waals surface area contributed by atoms with Crippen LogP contribution in [0.4, 0.5) is 0 Å². The number of rotatable bonds is 4. The molecule has 1 heteroatoms. The fourth-order valence-electron chi connectivity index (χ4n) is 8.79. The summed E-state index contributed by atoms with van der Waals surface area (Å²) in [6.07, 6.45) is 2.31. The lowest BCUT2D eigenvalue weighted by Crippen LogP contribution is -2.67. The van der Waals surface area contributed by atoms with Gasteiger partial charge in [-0.05, 0) is 99.1 Å². The van der Waals surface area contributed by atoms with E-state index in [1.165, 1.54) is 66.6 Å². The number of fused-ring (bicyclic) bond motifs is 3. The van der Waals surface area contributed by atoms with Crippen molar-refractivity contribution in [3.63, 3.8) is 0 Å². The van der Waals surface area contributed by atoms with Crippen molar-refractivity contribution >= 4 is 50.8 Å². The van der Waals surface area contributed by atoms with Gasteiger partial charge in [0, 0.05) is 0 Å². The highest BCUT2D eigenvalue weighted by Gasteiger charge is 2.59. The van der Waals surface area contributed by atoms with Gasteiger partial charge in [0.15, 0.2) is 0 Å². The molecule has 210 valence electrons. The molecule has 0 spiro atoms. The second-order valence-electron chi connectivity index (χ2n) is 14.5. The first-order chi connectivity index (χ1) is 20.1. The zero-order valence-electron chi connectivity index (χ0n) is 26.2. The third-order valence-electron chi connectivity index (χ3n) is 10.0. The van der Waals surface area contributed by atoms with Crippen molar-refractivity contribution in [1.82, 2.24) is 0 Å². The third kappa shape index (κ3) is 3.72. The van der Waals surface area contributed by atoms with Gasteiger partial charge in [0.2, 0.25) is 0 Å². The van der Waals surface area contributed by atoms with Crippen LogP contribution in [0.15, 0.2) is 103 Å². The van der Waals surface area contributed by atoms with Gasteiger partial charge in [-0.1, -0.05) is 146 Å². The van der Waals surface area contributed by atoms with Crippen LogP contribution >= 0.6 is 0 Å². The zero-order chi connectivity index (χ0) is 29.4. The van der Waals surface area contributed by atoms with E-state index in [9.17, 15) is 0 Å². The quantitative estimate of drug-likeness (QED) is 0.148. The van der Waals surface area contributed by atoms with Crippen LogP contribution in [-0.4, -0.2) is 8.07 Å². The Morgan fingerprint density at radius 2 is 0.929 bits per heavy atom. The molecule has 0 radical (unpaired) electrons. The Morgan fingerprint density at radius 1 is 0.476 bits per heavy atom. The van der Waals surface area contributed by atoms with Gasteiger partial charge in [-0.3, -0.25) is 0 Å².